The van der Waals surface area contributed by atoms with Gasteiger partial charge in [0.15, 0.2) is 0 Å². The van der Waals surface area contributed by atoms with Gasteiger partial charge in [-0.3, -0.25) is 5.10 Å². The number of benzene rings is 1. The topological polar surface area (TPSA) is 55.0 Å². The van der Waals surface area contributed by atoms with E-state index in [2.05, 4.69) is 16.8 Å². The number of hydrogen-bond acceptors (Lipinski definition) is 3. The second-order valence-corrected chi connectivity index (χ2v) is 4.04. The number of aromatic amines is 1. The molecular formula is C15H16N2O2. The first-order valence-electron chi connectivity index (χ1n) is 6.18. The van der Waals surface area contributed by atoms with Crippen LogP contribution >= 0.6 is 0 Å². The average molecular weight is 256 g/mol. The monoisotopic (exact) mass is 256 g/mol. The Balaban J connectivity index is 2.32. The summed E-state index contributed by atoms with van der Waals surface area (Å²) in [5, 5.41) is 6.88. The van der Waals surface area contributed by atoms with E-state index < -0.39 is 0 Å². The molecular weight excluding hydrogens is 240 g/mol. The van der Waals surface area contributed by atoms with E-state index in [0.717, 1.165) is 23.2 Å². The number of H-pyrrole nitrogens is 1. The van der Waals surface area contributed by atoms with E-state index in [0.29, 0.717) is 12.3 Å². The number of aromatic nitrogens is 2. The number of esters is 1. The fraction of sp³-hybridized carbons (Fsp3) is 0.200. The number of ether oxygens (including phenoxy) is 1. The van der Waals surface area contributed by atoms with E-state index in [1.54, 1.807) is 13.0 Å². The molecule has 1 aromatic carbocycles. The Morgan fingerprint density at radius 2 is 2.26 bits per heavy atom. The summed E-state index contributed by atoms with van der Waals surface area (Å²) in [4.78, 5) is 11.6. The van der Waals surface area contributed by atoms with Gasteiger partial charge in [0.1, 0.15) is 5.69 Å². The number of hydrogen-bond donors (Lipinski definition) is 1. The van der Waals surface area contributed by atoms with Crippen LogP contribution in [0.5, 0.6) is 0 Å². The standard InChI is InChI=1S/C15H16N2O2/c1-3-7-11-8-5-6-9-12(11)13-10-14(17-16-13)15(18)19-4-2/h3,5-6,8-10H,1,4,7H2,2H3,(H,16,17). The molecule has 0 aliphatic rings. The maximum Gasteiger partial charge on any atom is 0.356 e. The smallest absolute Gasteiger partial charge is 0.356 e. The predicted molar refractivity (Wildman–Crippen MR) is 73.9 cm³/mol. The molecule has 0 aliphatic carbocycles. The largest absolute Gasteiger partial charge is 0.461 e. The highest BCUT2D eigenvalue weighted by atomic mass is 16.5. The molecule has 4 heteroatoms. The zero-order valence-electron chi connectivity index (χ0n) is 10.8. The first-order chi connectivity index (χ1) is 9.26. The molecule has 0 unspecified atom stereocenters. The fourth-order valence-corrected chi connectivity index (χ4v) is 1.88. The molecule has 0 saturated heterocycles. The number of nitrogens with one attached hydrogen (secondary N) is 1. The van der Waals surface area contributed by atoms with Crippen molar-refractivity contribution < 1.29 is 9.53 Å². The van der Waals surface area contributed by atoms with Crippen LogP contribution in [0.2, 0.25) is 0 Å². The van der Waals surface area contributed by atoms with Gasteiger partial charge >= 0.3 is 5.97 Å². The van der Waals surface area contributed by atoms with Crippen LogP contribution in [0, 0.1) is 0 Å². The van der Waals surface area contributed by atoms with Crippen LogP contribution < -0.4 is 0 Å². The van der Waals surface area contributed by atoms with Crippen molar-refractivity contribution in [2.24, 2.45) is 0 Å². The number of nitrogens with zero attached hydrogens (tertiary/aromatic N) is 1. The molecule has 0 amide bonds. The Labute approximate surface area is 112 Å². The summed E-state index contributed by atoms with van der Waals surface area (Å²) in [6.07, 6.45) is 2.61. The van der Waals surface area contributed by atoms with Crippen LogP contribution in [-0.2, 0) is 11.2 Å². The first kappa shape index (κ1) is 13.1. The Bertz CT molecular complexity index is 587. The van der Waals surface area contributed by atoms with Crippen LogP contribution in [-0.4, -0.2) is 22.8 Å². The Morgan fingerprint density at radius 1 is 1.47 bits per heavy atom. The lowest BCUT2D eigenvalue weighted by Gasteiger charge is -2.03. The minimum atomic E-state index is -0.387. The predicted octanol–water partition coefficient (Wildman–Crippen LogP) is 2.98. The summed E-state index contributed by atoms with van der Waals surface area (Å²) >= 11 is 0. The third-order valence-corrected chi connectivity index (χ3v) is 2.73. The maximum absolute atomic E-state index is 11.6. The van der Waals surface area contributed by atoms with Gasteiger partial charge in [0.2, 0.25) is 0 Å². The summed E-state index contributed by atoms with van der Waals surface area (Å²) in [6.45, 7) is 5.87. The molecule has 0 fully saturated rings. The van der Waals surface area contributed by atoms with Crippen molar-refractivity contribution in [3.63, 3.8) is 0 Å². The van der Waals surface area contributed by atoms with Crippen molar-refractivity contribution >= 4 is 5.97 Å². The third kappa shape index (κ3) is 2.91. The molecule has 2 aromatic rings. The summed E-state index contributed by atoms with van der Waals surface area (Å²) < 4.78 is 4.93. The van der Waals surface area contributed by atoms with Gasteiger partial charge in [-0.25, -0.2) is 4.79 Å². The molecule has 0 bridgehead atoms. The fourth-order valence-electron chi connectivity index (χ4n) is 1.88. The van der Waals surface area contributed by atoms with Crippen LogP contribution in [0.25, 0.3) is 11.3 Å². The third-order valence-electron chi connectivity index (χ3n) is 2.73. The number of carbonyl (C=O) groups excluding carboxylic acids is 1. The quantitative estimate of drug-likeness (QED) is 0.661. The highest BCUT2D eigenvalue weighted by molar-refractivity contribution is 5.88. The summed E-state index contributed by atoms with van der Waals surface area (Å²) in [5.74, 6) is -0.387. The second-order valence-electron chi connectivity index (χ2n) is 4.04. The lowest BCUT2D eigenvalue weighted by atomic mass is 10.0. The Kier molecular flexibility index (Phi) is 4.13. The normalized spacial score (nSPS) is 10.2. The van der Waals surface area contributed by atoms with Crippen molar-refractivity contribution in [2.45, 2.75) is 13.3 Å². The van der Waals surface area contributed by atoms with Gasteiger partial charge in [-0.15, -0.1) is 6.58 Å². The lowest BCUT2D eigenvalue weighted by molar-refractivity contribution is 0.0519. The van der Waals surface area contributed by atoms with E-state index in [4.69, 9.17) is 4.74 Å². The van der Waals surface area contributed by atoms with Gasteiger partial charge < -0.3 is 4.74 Å². The van der Waals surface area contributed by atoms with Gasteiger partial charge in [0.25, 0.3) is 0 Å². The van der Waals surface area contributed by atoms with Crippen molar-refractivity contribution in [1.29, 1.82) is 0 Å². The zero-order valence-corrected chi connectivity index (χ0v) is 10.8. The van der Waals surface area contributed by atoms with E-state index in [1.807, 2.05) is 30.3 Å². The molecule has 0 aliphatic heterocycles. The zero-order chi connectivity index (χ0) is 13.7. The summed E-state index contributed by atoms with van der Waals surface area (Å²) in [5.41, 5.74) is 3.22. The molecule has 1 aromatic heterocycles. The van der Waals surface area contributed by atoms with Crippen molar-refractivity contribution in [1.82, 2.24) is 10.2 Å². The molecule has 19 heavy (non-hydrogen) atoms. The van der Waals surface area contributed by atoms with E-state index in [-0.39, 0.29) is 5.97 Å². The molecule has 4 nitrogen and oxygen atoms in total. The average Bonchev–Trinajstić information content (AvgIpc) is 2.90. The lowest BCUT2D eigenvalue weighted by Crippen LogP contribution is -2.04. The maximum atomic E-state index is 11.6. The van der Waals surface area contributed by atoms with E-state index in [9.17, 15) is 4.79 Å². The molecule has 0 saturated carbocycles. The highest BCUT2D eigenvalue weighted by Gasteiger charge is 2.13. The first-order valence-corrected chi connectivity index (χ1v) is 6.18. The molecule has 2 rings (SSSR count). The summed E-state index contributed by atoms with van der Waals surface area (Å²) in [6, 6.07) is 9.63. The molecule has 0 radical (unpaired) electrons. The SMILES string of the molecule is C=CCc1ccccc1-c1cc(C(=O)OCC)[nH]n1. The van der Waals surface area contributed by atoms with Crippen LogP contribution in [0.1, 0.15) is 23.0 Å². The number of allylic oxidation sites excluding steroid dienone is 1. The number of carbonyl (C=O) groups is 1. The Hall–Kier alpha value is -2.36. The minimum absolute atomic E-state index is 0.347. The highest BCUT2D eigenvalue weighted by Crippen LogP contribution is 2.23. The van der Waals surface area contributed by atoms with Crippen molar-refractivity contribution in [3.8, 4) is 11.3 Å². The van der Waals surface area contributed by atoms with Crippen molar-refractivity contribution in [2.75, 3.05) is 6.61 Å². The van der Waals surface area contributed by atoms with Gasteiger partial charge in [0, 0.05) is 5.56 Å². The molecule has 1 heterocycles. The molecule has 98 valence electrons. The van der Waals surface area contributed by atoms with Crippen LogP contribution in [0.3, 0.4) is 0 Å². The molecule has 0 spiro atoms. The second kappa shape index (κ2) is 6.00. The van der Waals surface area contributed by atoms with E-state index in [1.165, 1.54) is 0 Å². The van der Waals surface area contributed by atoms with Gasteiger partial charge in [-0.1, -0.05) is 30.3 Å². The van der Waals surface area contributed by atoms with Crippen molar-refractivity contribution in [3.05, 3.63) is 54.2 Å². The van der Waals surface area contributed by atoms with Crippen LogP contribution in [0.15, 0.2) is 43.0 Å². The van der Waals surface area contributed by atoms with Gasteiger partial charge in [-0.05, 0) is 25.0 Å². The van der Waals surface area contributed by atoms with E-state index >= 15 is 0 Å². The molecule has 1 N–H and O–H groups in total. The van der Waals surface area contributed by atoms with Crippen LogP contribution in [0.4, 0.5) is 0 Å². The Morgan fingerprint density at radius 3 is 3.00 bits per heavy atom. The molecule has 0 atom stereocenters. The number of rotatable bonds is 5. The minimum Gasteiger partial charge on any atom is -0.461 e. The van der Waals surface area contributed by atoms with Gasteiger partial charge in [0.05, 0.1) is 12.3 Å². The van der Waals surface area contributed by atoms with Gasteiger partial charge in [-0.2, -0.15) is 5.10 Å². The summed E-state index contributed by atoms with van der Waals surface area (Å²) in [7, 11) is 0.